The molecule has 0 spiro atoms. The molecule has 1 aliphatic rings. The van der Waals surface area contributed by atoms with E-state index in [-0.39, 0.29) is 30.1 Å². The summed E-state index contributed by atoms with van der Waals surface area (Å²) >= 11 is 0. The lowest BCUT2D eigenvalue weighted by Gasteiger charge is -2.31. The summed E-state index contributed by atoms with van der Waals surface area (Å²) in [5, 5.41) is 6.81. The first-order valence-corrected chi connectivity index (χ1v) is 10.0. The zero-order valence-corrected chi connectivity index (χ0v) is 19.7. The van der Waals surface area contributed by atoms with Gasteiger partial charge in [-0.2, -0.15) is 0 Å². The molecular weight excluding hydrogens is 451 g/mol. The summed E-state index contributed by atoms with van der Waals surface area (Å²) in [5.41, 5.74) is 1.16. The van der Waals surface area contributed by atoms with Gasteiger partial charge in [0, 0.05) is 13.6 Å². The molecule has 1 saturated heterocycles. The van der Waals surface area contributed by atoms with Gasteiger partial charge >= 0.3 is 0 Å². The number of halogens is 1. The van der Waals surface area contributed by atoms with Crippen LogP contribution in [0.5, 0.6) is 5.75 Å². The van der Waals surface area contributed by atoms with Crippen molar-refractivity contribution in [3.8, 4) is 5.75 Å². The Hall–Kier alpha value is -1.02. The van der Waals surface area contributed by atoms with Gasteiger partial charge in [-0.15, -0.1) is 24.0 Å². The molecule has 0 bridgehead atoms. The number of piperidine rings is 1. The smallest absolute Gasteiger partial charge is 0.191 e. The summed E-state index contributed by atoms with van der Waals surface area (Å²) < 4.78 is 6.01. The second-order valence-electron chi connectivity index (χ2n) is 7.24. The van der Waals surface area contributed by atoms with Gasteiger partial charge in [-0.3, -0.25) is 4.99 Å². The van der Waals surface area contributed by atoms with Crippen molar-refractivity contribution in [2.45, 2.75) is 46.1 Å². The van der Waals surface area contributed by atoms with E-state index in [0.29, 0.717) is 0 Å². The lowest BCUT2D eigenvalue weighted by atomic mass is 9.93. The highest BCUT2D eigenvalue weighted by Crippen LogP contribution is 2.19. The van der Waals surface area contributed by atoms with Crippen molar-refractivity contribution in [1.82, 2.24) is 15.5 Å². The van der Waals surface area contributed by atoms with Crippen molar-refractivity contribution in [2.24, 2.45) is 10.9 Å². The summed E-state index contributed by atoms with van der Waals surface area (Å²) in [6, 6.07) is 8.13. The molecule has 1 fully saturated rings. The first kappa shape index (κ1) is 24.0. The van der Waals surface area contributed by atoms with Gasteiger partial charge < -0.3 is 20.3 Å². The average molecular weight is 488 g/mol. The third-order valence-electron chi connectivity index (χ3n) is 5.20. The molecule has 27 heavy (non-hydrogen) atoms. The van der Waals surface area contributed by atoms with E-state index < -0.39 is 0 Å². The molecule has 0 radical (unpaired) electrons. The fraction of sp³-hybridized carbons (Fsp3) is 0.667. The second-order valence-corrected chi connectivity index (χ2v) is 7.24. The van der Waals surface area contributed by atoms with Crippen molar-refractivity contribution in [3.63, 3.8) is 0 Å². The van der Waals surface area contributed by atoms with E-state index in [4.69, 9.17) is 4.74 Å². The van der Waals surface area contributed by atoms with Crippen LogP contribution in [0.4, 0.5) is 0 Å². The maximum atomic E-state index is 6.01. The summed E-state index contributed by atoms with van der Waals surface area (Å²) in [4.78, 5) is 6.87. The molecule has 154 valence electrons. The predicted molar refractivity (Wildman–Crippen MR) is 126 cm³/mol. The molecule has 0 aromatic heterocycles. The molecule has 1 unspecified atom stereocenters. The second kappa shape index (κ2) is 13.2. The molecule has 2 N–H and O–H groups in total. The molecule has 2 rings (SSSR count). The van der Waals surface area contributed by atoms with Gasteiger partial charge in [0.25, 0.3) is 0 Å². The van der Waals surface area contributed by atoms with Crippen LogP contribution in [-0.4, -0.2) is 56.7 Å². The number of hydrogen-bond donors (Lipinski definition) is 2. The number of guanidine groups is 1. The topological polar surface area (TPSA) is 48.9 Å². The fourth-order valence-corrected chi connectivity index (χ4v) is 3.39. The quantitative estimate of drug-likeness (QED) is 0.333. The van der Waals surface area contributed by atoms with Crippen LogP contribution >= 0.6 is 24.0 Å². The summed E-state index contributed by atoms with van der Waals surface area (Å²) in [5.74, 6) is 2.64. The Morgan fingerprint density at radius 1 is 1.26 bits per heavy atom. The molecular formula is C21H37IN4O. The lowest BCUT2D eigenvalue weighted by Crippen LogP contribution is -2.42. The standard InChI is InChI=1S/C21H36N4O.HI/c1-5-25-14-11-19(12-15-25)10-13-23-21(22-4)24-16-18(3)26-20-9-7-6-8-17(20)2;/h6-9,18-19H,5,10-16H2,1-4H3,(H2,22,23,24);1H. The number of para-hydroxylation sites is 1. The molecule has 0 amide bonds. The van der Waals surface area contributed by atoms with Crippen LogP contribution in [0.1, 0.15) is 38.7 Å². The number of nitrogens with one attached hydrogen (secondary N) is 2. The molecule has 1 heterocycles. The molecule has 0 aliphatic carbocycles. The highest BCUT2D eigenvalue weighted by atomic mass is 127. The average Bonchev–Trinajstić information content (AvgIpc) is 2.67. The zero-order valence-electron chi connectivity index (χ0n) is 17.3. The van der Waals surface area contributed by atoms with E-state index in [1.807, 2.05) is 25.2 Å². The van der Waals surface area contributed by atoms with Crippen molar-refractivity contribution >= 4 is 29.9 Å². The number of aliphatic imine (C=N–C) groups is 1. The molecule has 1 aromatic carbocycles. The Bertz CT molecular complexity index is 559. The van der Waals surface area contributed by atoms with Gasteiger partial charge in [-0.05, 0) is 70.3 Å². The minimum atomic E-state index is 0. The maximum Gasteiger partial charge on any atom is 0.191 e. The van der Waals surface area contributed by atoms with Gasteiger partial charge in [0.2, 0.25) is 0 Å². The fourth-order valence-electron chi connectivity index (χ4n) is 3.39. The van der Waals surface area contributed by atoms with Gasteiger partial charge in [0.1, 0.15) is 11.9 Å². The Morgan fingerprint density at radius 2 is 1.96 bits per heavy atom. The number of rotatable bonds is 8. The highest BCUT2D eigenvalue weighted by molar-refractivity contribution is 14.0. The third-order valence-corrected chi connectivity index (χ3v) is 5.20. The minimum absolute atomic E-state index is 0. The Balaban J connectivity index is 0.00000364. The van der Waals surface area contributed by atoms with E-state index in [9.17, 15) is 0 Å². The van der Waals surface area contributed by atoms with Gasteiger partial charge in [0.15, 0.2) is 5.96 Å². The zero-order chi connectivity index (χ0) is 18.8. The van der Waals surface area contributed by atoms with Crippen LogP contribution in [0.15, 0.2) is 29.3 Å². The van der Waals surface area contributed by atoms with E-state index in [0.717, 1.165) is 36.3 Å². The first-order valence-electron chi connectivity index (χ1n) is 10.0. The van der Waals surface area contributed by atoms with E-state index >= 15 is 0 Å². The number of nitrogens with zero attached hydrogens (tertiary/aromatic N) is 2. The van der Waals surface area contributed by atoms with Crippen LogP contribution in [0.25, 0.3) is 0 Å². The predicted octanol–water partition coefficient (Wildman–Crippen LogP) is 3.67. The van der Waals surface area contributed by atoms with E-state index in [1.54, 1.807) is 0 Å². The van der Waals surface area contributed by atoms with Crippen molar-refractivity contribution in [3.05, 3.63) is 29.8 Å². The van der Waals surface area contributed by atoms with Gasteiger partial charge in [0.05, 0.1) is 6.54 Å². The number of aryl methyl sites for hydroxylation is 1. The van der Waals surface area contributed by atoms with Crippen LogP contribution in [0, 0.1) is 12.8 Å². The largest absolute Gasteiger partial charge is 0.489 e. The number of ether oxygens (including phenoxy) is 1. The van der Waals surface area contributed by atoms with Crippen LogP contribution < -0.4 is 15.4 Å². The SMILES string of the molecule is CCN1CCC(CCNC(=NC)NCC(C)Oc2ccccc2C)CC1.I. The van der Waals surface area contributed by atoms with Gasteiger partial charge in [-0.25, -0.2) is 0 Å². The minimum Gasteiger partial charge on any atom is -0.489 e. The molecule has 1 aliphatic heterocycles. The van der Waals surface area contributed by atoms with Crippen molar-refractivity contribution in [1.29, 1.82) is 0 Å². The molecule has 1 aromatic rings. The third kappa shape index (κ3) is 8.68. The molecule has 0 saturated carbocycles. The Morgan fingerprint density at radius 3 is 2.59 bits per heavy atom. The lowest BCUT2D eigenvalue weighted by molar-refractivity contribution is 0.187. The monoisotopic (exact) mass is 488 g/mol. The number of benzene rings is 1. The first-order chi connectivity index (χ1) is 12.6. The summed E-state index contributed by atoms with van der Waals surface area (Å²) in [6.07, 6.45) is 3.94. The summed E-state index contributed by atoms with van der Waals surface area (Å²) in [7, 11) is 1.82. The molecule has 1 atom stereocenters. The van der Waals surface area contributed by atoms with E-state index in [2.05, 4.69) is 47.4 Å². The number of hydrogen-bond acceptors (Lipinski definition) is 3. The van der Waals surface area contributed by atoms with Crippen LogP contribution in [-0.2, 0) is 0 Å². The molecule has 6 heteroatoms. The van der Waals surface area contributed by atoms with Crippen molar-refractivity contribution < 1.29 is 4.74 Å². The van der Waals surface area contributed by atoms with Crippen LogP contribution in [0.2, 0.25) is 0 Å². The van der Waals surface area contributed by atoms with E-state index in [1.165, 1.54) is 38.9 Å². The normalized spacial score (nSPS) is 17.1. The van der Waals surface area contributed by atoms with Crippen LogP contribution in [0.3, 0.4) is 0 Å². The highest BCUT2D eigenvalue weighted by Gasteiger charge is 2.17. The Kier molecular flexibility index (Phi) is 11.7. The maximum absolute atomic E-state index is 6.01. The Labute approximate surface area is 182 Å². The number of likely N-dealkylation sites (tertiary alicyclic amines) is 1. The molecule has 5 nitrogen and oxygen atoms in total. The van der Waals surface area contributed by atoms with Gasteiger partial charge in [-0.1, -0.05) is 25.1 Å². The summed E-state index contributed by atoms with van der Waals surface area (Å²) in [6.45, 7) is 11.8. The van der Waals surface area contributed by atoms with Crippen molar-refractivity contribution in [2.75, 3.05) is 39.8 Å².